The molecule has 1 unspecified atom stereocenters. The Morgan fingerprint density at radius 2 is 1.82 bits per heavy atom. The maximum atomic E-state index is 12.6. The zero-order chi connectivity index (χ0) is 15.8. The van der Waals surface area contributed by atoms with Crippen LogP contribution in [0.1, 0.15) is 46.0 Å². The molecule has 1 aliphatic rings. The Morgan fingerprint density at radius 1 is 1.14 bits per heavy atom. The Labute approximate surface area is 133 Å². The van der Waals surface area contributed by atoms with Crippen molar-refractivity contribution < 1.29 is 4.79 Å². The second kappa shape index (κ2) is 8.71. The largest absolute Gasteiger partial charge is 0.339 e. The lowest BCUT2D eigenvalue weighted by Gasteiger charge is -2.36. The molecule has 0 radical (unpaired) electrons. The van der Waals surface area contributed by atoms with Crippen LogP contribution in [-0.4, -0.2) is 47.0 Å². The van der Waals surface area contributed by atoms with Gasteiger partial charge in [0.15, 0.2) is 0 Å². The maximum Gasteiger partial charge on any atom is 0.225 e. The van der Waals surface area contributed by atoms with Crippen molar-refractivity contribution in [2.24, 2.45) is 5.92 Å². The van der Waals surface area contributed by atoms with Crippen molar-refractivity contribution >= 4 is 11.9 Å². The van der Waals surface area contributed by atoms with Crippen LogP contribution in [0.5, 0.6) is 0 Å². The smallest absolute Gasteiger partial charge is 0.225 e. The molecule has 22 heavy (non-hydrogen) atoms. The minimum Gasteiger partial charge on any atom is -0.339 e. The highest BCUT2D eigenvalue weighted by Crippen LogP contribution is 2.18. The summed E-state index contributed by atoms with van der Waals surface area (Å²) in [5, 5.41) is 0. The second-order valence-electron chi connectivity index (χ2n) is 5.96. The van der Waals surface area contributed by atoms with Crippen LogP contribution >= 0.6 is 0 Å². The van der Waals surface area contributed by atoms with Crippen molar-refractivity contribution in [3.63, 3.8) is 0 Å². The van der Waals surface area contributed by atoms with Crippen LogP contribution in [0, 0.1) is 5.92 Å². The first-order chi connectivity index (χ1) is 10.8. The standard InChI is InChI=1S/C17H28N4O/c1-3-5-6-8-15(4-2)16(22)20-11-13-21(14-12-20)17-18-9-7-10-19-17/h7,9-10,15H,3-6,8,11-14H2,1-2H3. The Hall–Kier alpha value is -1.65. The monoisotopic (exact) mass is 304 g/mol. The Kier molecular flexibility index (Phi) is 6.62. The average Bonchev–Trinajstić information content (AvgIpc) is 2.59. The van der Waals surface area contributed by atoms with Crippen molar-refractivity contribution in [2.45, 2.75) is 46.0 Å². The van der Waals surface area contributed by atoms with E-state index in [2.05, 4.69) is 28.7 Å². The molecule has 0 aromatic carbocycles. The van der Waals surface area contributed by atoms with Crippen molar-refractivity contribution in [1.29, 1.82) is 0 Å². The number of piperazine rings is 1. The molecule has 0 saturated carbocycles. The van der Waals surface area contributed by atoms with Gasteiger partial charge in [-0.1, -0.05) is 33.1 Å². The third-order valence-corrected chi connectivity index (χ3v) is 4.42. The lowest BCUT2D eigenvalue weighted by Crippen LogP contribution is -2.50. The van der Waals surface area contributed by atoms with Crippen molar-refractivity contribution in [3.05, 3.63) is 18.5 Å². The number of amides is 1. The van der Waals surface area contributed by atoms with Crippen LogP contribution in [0.3, 0.4) is 0 Å². The number of unbranched alkanes of at least 4 members (excludes halogenated alkanes) is 2. The molecule has 122 valence electrons. The number of anilines is 1. The molecule has 1 aliphatic heterocycles. The molecule has 5 heteroatoms. The summed E-state index contributed by atoms with van der Waals surface area (Å²) in [7, 11) is 0. The van der Waals surface area contributed by atoms with E-state index < -0.39 is 0 Å². The number of nitrogens with zero attached hydrogens (tertiary/aromatic N) is 4. The molecule has 5 nitrogen and oxygen atoms in total. The fraction of sp³-hybridized carbons (Fsp3) is 0.706. The number of rotatable bonds is 7. The van der Waals surface area contributed by atoms with Gasteiger partial charge < -0.3 is 9.80 Å². The van der Waals surface area contributed by atoms with Gasteiger partial charge in [0.05, 0.1) is 0 Å². The molecule has 1 amide bonds. The zero-order valence-corrected chi connectivity index (χ0v) is 13.9. The van der Waals surface area contributed by atoms with Gasteiger partial charge in [-0.3, -0.25) is 4.79 Å². The molecule has 0 aliphatic carbocycles. The number of hydrogen-bond donors (Lipinski definition) is 0. The summed E-state index contributed by atoms with van der Waals surface area (Å²) in [6.45, 7) is 7.53. The molecule has 1 atom stereocenters. The van der Waals surface area contributed by atoms with Gasteiger partial charge in [-0.15, -0.1) is 0 Å². The molecule has 2 rings (SSSR count). The summed E-state index contributed by atoms with van der Waals surface area (Å²) in [6, 6.07) is 1.82. The average molecular weight is 304 g/mol. The van der Waals surface area contributed by atoms with Gasteiger partial charge in [-0.25, -0.2) is 9.97 Å². The van der Waals surface area contributed by atoms with Crippen molar-refractivity contribution in [2.75, 3.05) is 31.1 Å². The highest BCUT2D eigenvalue weighted by Gasteiger charge is 2.26. The van der Waals surface area contributed by atoms with Gasteiger partial charge in [-0.2, -0.15) is 0 Å². The second-order valence-corrected chi connectivity index (χ2v) is 5.96. The highest BCUT2D eigenvalue weighted by molar-refractivity contribution is 5.79. The van der Waals surface area contributed by atoms with Crippen molar-refractivity contribution in [3.8, 4) is 0 Å². The number of carbonyl (C=O) groups is 1. The van der Waals surface area contributed by atoms with Crippen LogP contribution < -0.4 is 4.90 Å². The van der Waals surface area contributed by atoms with Gasteiger partial charge in [0.1, 0.15) is 0 Å². The van der Waals surface area contributed by atoms with Crippen LogP contribution in [0.25, 0.3) is 0 Å². The first-order valence-electron chi connectivity index (χ1n) is 8.57. The first kappa shape index (κ1) is 16.7. The lowest BCUT2D eigenvalue weighted by molar-refractivity contribution is -0.136. The molecule has 1 aromatic rings. The van der Waals surface area contributed by atoms with Crippen LogP contribution in [-0.2, 0) is 4.79 Å². The van der Waals surface area contributed by atoms with E-state index in [0.29, 0.717) is 5.91 Å². The molecule has 0 spiro atoms. The fourth-order valence-electron chi connectivity index (χ4n) is 2.98. The molecule has 0 bridgehead atoms. The van der Waals surface area contributed by atoms with Crippen LogP contribution in [0.2, 0.25) is 0 Å². The molecular weight excluding hydrogens is 276 g/mol. The molecule has 0 N–H and O–H groups in total. The van der Waals surface area contributed by atoms with Gasteiger partial charge in [0, 0.05) is 44.5 Å². The minimum atomic E-state index is 0.200. The van der Waals surface area contributed by atoms with E-state index in [0.717, 1.165) is 45.0 Å². The van der Waals surface area contributed by atoms with E-state index in [4.69, 9.17) is 0 Å². The lowest BCUT2D eigenvalue weighted by atomic mass is 9.97. The Bertz CT molecular complexity index is 443. The molecule has 1 fully saturated rings. The summed E-state index contributed by atoms with van der Waals surface area (Å²) in [4.78, 5) is 25.4. The Morgan fingerprint density at radius 3 is 2.41 bits per heavy atom. The van der Waals surface area contributed by atoms with E-state index in [1.54, 1.807) is 12.4 Å². The van der Waals surface area contributed by atoms with E-state index in [1.165, 1.54) is 19.3 Å². The minimum absolute atomic E-state index is 0.200. The number of aromatic nitrogens is 2. The topological polar surface area (TPSA) is 49.3 Å². The summed E-state index contributed by atoms with van der Waals surface area (Å²) in [6.07, 6.45) is 9.11. The summed E-state index contributed by atoms with van der Waals surface area (Å²) in [5.74, 6) is 1.31. The van der Waals surface area contributed by atoms with Gasteiger partial charge in [-0.05, 0) is 18.9 Å². The molecular formula is C17H28N4O. The first-order valence-corrected chi connectivity index (χ1v) is 8.57. The molecule has 2 heterocycles. The van der Waals surface area contributed by atoms with Gasteiger partial charge in [0.2, 0.25) is 11.9 Å². The summed E-state index contributed by atoms with van der Waals surface area (Å²) in [5.41, 5.74) is 0. The zero-order valence-electron chi connectivity index (χ0n) is 13.9. The highest BCUT2D eigenvalue weighted by atomic mass is 16.2. The SMILES string of the molecule is CCCCCC(CC)C(=O)N1CCN(c2ncccn2)CC1. The van der Waals surface area contributed by atoms with Crippen LogP contribution in [0.4, 0.5) is 5.95 Å². The van der Waals surface area contributed by atoms with Crippen LogP contribution in [0.15, 0.2) is 18.5 Å². The molecule has 1 aromatic heterocycles. The summed E-state index contributed by atoms with van der Waals surface area (Å²) >= 11 is 0. The van der Waals surface area contributed by atoms with E-state index in [9.17, 15) is 4.79 Å². The third kappa shape index (κ3) is 4.42. The van der Waals surface area contributed by atoms with Gasteiger partial charge >= 0.3 is 0 Å². The third-order valence-electron chi connectivity index (χ3n) is 4.42. The maximum absolute atomic E-state index is 12.6. The number of carbonyl (C=O) groups excluding carboxylic acids is 1. The number of hydrogen-bond acceptors (Lipinski definition) is 4. The summed E-state index contributed by atoms with van der Waals surface area (Å²) < 4.78 is 0. The predicted molar refractivity (Wildman–Crippen MR) is 88.7 cm³/mol. The quantitative estimate of drug-likeness (QED) is 0.727. The predicted octanol–water partition coefficient (Wildman–Crippen LogP) is 2.73. The van der Waals surface area contributed by atoms with E-state index in [-0.39, 0.29) is 5.92 Å². The van der Waals surface area contributed by atoms with E-state index >= 15 is 0 Å². The Balaban J connectivity index is 1.83. The fourth-order valence-corrected chi connectivity index (χ4v) is 2.98. The normalized spacial score (nSPS) is 16.6. The van der Waals surface area contributed by atoms with Gasteiger partial charge in [0.25, 0.3) is 0 Å². The molecule has 1 saturated heterocycles. The van der Waals surface area contributed by atoms with E-state index in [1.807, 2.05) is 11.0 Å². The van der Waals surface area contributed by atoms with Crippen molar-refractivity contribution in [1.82, 2.24) is 14.9 Å².